The van der Waals surface area contributed by atoms with Gasteiger partial charge in [0.2, 0.25) is 11.8 Å². The van der Waals surface area contributed by atoms with Crippen LogP contribution in [-0.2, 0) is 5.41 Å². The quantitative estimate of drug-likeness (QED) is 0.238. The van der Waals surface area contributed by atoms with E-state index in [1.807, 2.05) is 30.3 Å². The van der Waals surface area contributed by atoms with Crippen molar-refractivity contribution in [1.29, 1.82) is 0 Å². The van der Waals surface area contributed by atoms with Gasteiger partial charge in [-0.2, -0.15) is 0 Å². The van der Waals surface area contributed by atoms with Crippen molar-refractivity contribution >= 4 is 32.3 Å². The third-order valence-corrected chi connectivity index (χ3v) is 7.40. The molecule has 6 aromatic carbocycles. The smallest absolute Gasteiger partial charge is 0.248 e. The van der Waals surface area contributed by atoms with Crippen molar-refractivity contribution < 1.29 is 4.42 Å². The maximum Gasteiger partial charge on any atom is 0.248 e. The molecule has 1 heterocycles. The van der Waals surface area contributed by atoms with Crippen molar-refractivity contribution in [3.8, 4) is 34.0 Å². The lowest BCUT2D eigenvalue weighted by molar-refractivity contribution is 0.585. The summed E-state index contributed by atoms with van der Waals surface area (Å²) < 4.78 is 6.16. The molecule has 0 fully saturated rings. The van der Waals surface area contributed by atoms with Gasteiger partial charge >= 0.3 is 0 Å². The first kappa shape index (κ1) is 21.8. The molecule has 0 aliphatic carbocycles. The zero-order valence-electron chi connectivity index (χ0n) is 21.1. The fraction of sp³-hybridized carbons (Fsp3) is 0.118. The Hall–Kier alpha value is -4.50. The Morgan fingerprint density at radius 1 is 0.514 bits per heavy atom. The zero-order valence-corrected chi connectivity index (χ0v) is 21.1. The summed E-state index contributed by atoms with van der Waals surface area (Å²) in [6.45, 7) is 6.76. The van der Waals surface area contributed by atoms with Gasteiger partial charge in [0.1, 0.15) is 0 Å². The molecule has 0 bridgehead atoms. The lowest BCUT2D eigenvalue weighted by Gasteiger charge is -2.20. The van der Waals surface area contributed by atoms with Gasteiger partial charge in [0, 0.05) is 11.1 Å². The van der Waals surface area contributed by atoms with E-state index in [0.29, 0.717) is 11.8 Å². The summed E-state index contributed by atoms with van der Waals surface area (Å²) in [5.74, 6) is 1.07. The van der Waals surface area contributed by atoms with E-state index >= 15 is 0 Å². The Morgan fingerprint density at radius 2 is 1.08 bits per heavy atom. The largest absolute Gasteiger partial charge is 0.416 e. The van der Waals surface area contributed by atoms with Crippen LogP contribution < -0.4 is 0 Å². The molecule has 0 saturated heterocycles. The standard InChI is InChI=1S/C34H26N2O/c1-34(2,3)25-15-9-21(10-16-25)26-17-11-22-13-19-28-29(20-14-23-12-18-27(26)30(22)31(23)28)33-36-35-32(37-33)24-7-5-4-6-8-24/h4-20H,1-3H3. The molecule has 0 radical (unpaired) electrons. The van der Waals surface area contributed by atoms with Gasteiger partial charge < -0.3 is 4.42 Å². The minimum Gasteiger partial charge on any atom is -0.416 e. The van der Waals surface area contributed by atoms with Gasteiger partial charge in [-0.1, -0.05) is 106 Å². The predicted molar refractivity (Wildman–Crippen MR) is 153 cm³/mol. The number of hydrogen-bond acceptors (Lipinski definition) is 3. The van der Waals surface area contributed by atoms with E-state index in [2.05, 4.69) is 104 Å². The lowest BCUT2D eigenvalue weighted by atomic mass is 9.85. The molecule has 3 heteroatoms. The number of hydrogen-bond donors (Lipinski definition) is 0. The van der Waals surface area contributed by atoms with Gasteiger partial charge in [0.25, 0.3) is 0 Å². The van der Waals surface area contributed by atoms with E-state index in [-0.39, 0.29) is 5.41 Å². The van der Waals surface area contributed by atoms with E-state index in [1.165, 1.54) is 43.6 Å². The highest BCUT2D eigenvalue weighted by atomic mass is 16.4. The van der Waals surface area contributed by atoms with Crippen LogP contribution in [0.15, 0.2) is 108 Å². The second kappa shape index (κ2) is 8.01. The minimum absolute atomic E-state index is 0.132. The summed E-state index contributed by atoms with van der Waals surface area (Å²) in [7, 11) is 0. The topological polar surface area (TPSA) is 38.9 Å². The molecular weight excluding hydrogens is 452 g/mol. The Morgan fingerprint density at radius 3 is 1.73 bits per heavy atom. The van der Waals surface area contributed by atoms with Crippen LogP contribution in [0.5, 0.6) is 0 Å². The molecule has 0 atom stereocenters. The number of nitrogens with zero attached hydrogens (tertiary/aromatic N) is 2. The first-order valence-corrected chi connectivity index (χ1v) is 12.7. The number of rotatable bonds is 3. The van der Waals surface area contributed by atoms with E-state index in [0.717, 1.165) is 16.5 Å². The molecule has 37 heavy (non-hydrogen) atoms. The molecule has 0 N–H and O–H groups in total. The Balaban J connectivity index is 1.42. The molecule has 178 valence electrons. The van der Waals surface area contributed by atoms with Crippen molar-refractivity contribution in [1.82, 2.24) is 10.2 Å². The maximum absolute atomic E-state index is 6.16. The third-order valence-electron chi connectivity index (χ3n) is 7.40. The van der Waals surface area contributed by atoms with Crippen LogP contribution in [0.3, 0.4) is 0 Å². The van der Waals surface area contributed by atoms with Crippen molar-refractivity contribution in [2.75, 3.05) is 0 Å². The average molecular weight is 479 g/mol. The van der Waals surface area contributed by atoms with Crippen LogP contribution >= 0.6 is 0 Å². The second-order valence-electron chi connectivity index (χ2n) is 10.8. The van der Waals surface area contributed by atoms with Crippen molar-refractivity contribution in [2.45, 2.75) is 26.2 Å². The van der Waals surface area contributed by atoms with Crippen molar-refractivity contribution in [2.24, 2.45) is 0 Å². The molecule has 1 aromatic heterocycles. The van der Waals surface area contributed by atoms with Gasteiger partial charge in [0.05, 0.1) is 0 Å². The summed E-state index contributed by atoms with van der Waals surface area (Å²) in [5.41, 5.74) is 5.82. The third kappa shape index (κ3) is 3.50. The Bertz CT molecular complexity index is 1890. The highest BCUT2D eigenvalue weighted by molar-refractivity contribution is 6.27. The number of benzene rings is 6. The molecule has 0 saturated carbocycles. The molecule has 0 aliphatic rings. The van der Waals surface area contributed by atoms with Crippen LogP contribution in [0.2, 0.25) is 0 Å². The maximum atomic E-state index is 6.16. The Kier molecular flexibility index (Phi) is 4.71. The first-order valence-electron chi connectivity index (χ1n) is 12.7. The normalized spacial score (nSPS) is 12.2. The molecule has 0 unspecified atom stereocenters. The van der Waals surface area contributed by atoms with Gasteiger partial charge in [-0.25, -0.2) is 0 Å². The number of aromatic nitrogens is 2. The molecule has 0 aliphatic heterocycles. The van der Waals surface area contributed by atoms with Gasteiger partial charge in [-0.3, -0.25) is 0 Å². The molecule has 3 nitrogen and oxygen atoms in total. The van der Waals surface area contributed by atoms with E-state index in [1.54, 1.807) is 0 Å². The molecule has 7 aromatic rings. The van der Waals surface area contributed by atoms with Crippen LogP contribution in [-0.4, -0.2) is 10.2 Å². The van der Waals surface area contributed by atoms with Gasteiger partial charge in [-0.05, 0) is 72.6 Å². The van der Waals surface area contributed by atoms with Crippen molar-refractivity contribution in [3.63, 3.8) is 0 Å². The SMILES string of the molecule is CC(C)(C)c1ccc(-c2ccc3ccc4c(-c5nnc(-c6ccccc6)o5)ccc5ccc2c3c54)cc1. The van der Waals surface area contributed by atoms with Gasteiger partial charge in [0.15, 0.2) is 0 Å². The van der Waals surface area contributed by atoms with Crippen LogP contribution in [0.1, 0.15) is 26.3 Å². The summed E-state index contributed by atoms with van der Waals surface area (Å²) in [5, 5.41) is 16.1. The Labute approximate surface area is 215 Å². The fourth-order valence-electron chi connectivity index (χ4n) is 5.42. The molecule has 0 spiro atoms. The summed E-state index contributed by atoms with van der Waals surface area (Å²) in [4.78, 5) is 0. The average Bonchev–Trinajstić information content (AvgIpc) is 3.42. The summed E-state index contributed by atoms with van der Waals surface area (Å²) >= 11 is 0. The lowest BCUT2D eigenvalue weighted by Crippen LogP contribution is -2.10. The first-order chi connectivity index (χ1) is 18.0. The van der Waals surface area contributed by atoms with Crippen molar-refractivity contribution in [3.05, 3.63) is 109 Å². The molecule has 7 rings (SSSR count). The van der Waals surface area contributed by atoms with Crippen LogP contribution in [0.4, 0.5) is 0 Å². The van der Waals surface area contributed by atoms with E-state index < -0.39 is 0 Å². The van der Waals surface area contributed by atoms with E-state index in [9.17, 15) is 0 Å². The second-order valence-corrected chi connectivity index (χ2v) is 10.8. The zero-order chi connectivity index (χ0) is 25.1. The fourth-order valence-corrected chi connectivity index (χ4v) is 5.42. The summed E-state index contributed by atoms with van der Waals surface area (Å²) in [6.07, 6.45) is 0. The molecular formula is C34H26N2O. The monoisotopic (exact) mass is 478 g/mol. The predicted octanol–water partition coefficient (Wildman–Crippen LogP) is 9.27. The van der Waals surface area contributed by atoms with E-state index in [4.69, 9.17) is 4.42 Å². The molecule has 0 amide bonds. The highest BCUT2D eigenvalue weighted by Crippen LogP contribution is 2.42. The highest BCUT2D eigenvalue weighted by Gasteiger charge is 2.18. The summed E-state index contributed by atoms with van der Waals surface area (Å²) in [6, 6.07) is 36.5. The van der Waals surface area contributed by atoms with Crippen LogP contribution in [0, 0.1) is 0 Å². The van der Waals surface area contributed by atoms with Crippen LogP contribution in [0.25, 0.3) is 66.4 Å². The van der Waals surface area contributed by atoms with Gasteiger partial charge in [-0.15, -0.1) is 10.2 Å². The minimum atomic E-state index is 0.132.